The number of aryl methyl sites for hydroxylation is 1. The van der Waals surface area contributed by atoms with Crippen molar-refractivity contribution in [3.8, 4) is 34.1 Å². The first-order valence-corrected chi connectivity index (χ1v) is 12.3. The number of esters is 1. The van der Waals surface area contributed by atoms with E-state index >= 15 is 0 Å². The van der Waals surface area contributed by atoms with Crippen molar-refractivity contribution < 1.29 is 28.5 Å². The van der Waals surface area contributed by atoms with Crippen LogP contribution in [0.4, 0.5) is 16.2 Å². The predicted octanol–water partition coefficient (Wildman–Crippen LogP) is 6.12. The van der Waals surface area contributed by atoms with Gasteiger partial charge < -0.3 is 29.6 Å². The third kappa shape index (κ3) is 5.44. The zero-order chi connectivity index (χ0) is 26.5. The Hall–Kier alpha value is -4.31. The lowest BCUT2D eigenvalue weighted by molar-refractivity contribution is -0.132. The summed E-state index contributed by atoms with van der Waals surface area (Å²) in [6, 6.07) is 12.3. The van der Waals surface area contributed by atoms with Crippen LogP contribution in [0.3, 0.4) is 0 Å². The van der Waals surface area contributed by atoms with Gasteiger partial charge in [0.05, 0.1) is 38.9 Å². The molecule has 0 saturated heterocycles. The molecule has 192 valence electrons. The van der Waals surface area contributed by atoms with Crippen molar-refractivity contribution in [1.82, 2.24) is 4.98 Å². The Labute approximate surface area is 218 Å². The highest BCUT2D eigenvalue weighted by Crippen LogP contribution is 2.43. The maximum Gasteiger partial charge on any atom is 0.323 e. The van der Waals surface area contributed by atoms with E-state index in [1.807, 2.05) is 24.3 Å². The third-order valence-electron chi connectivity index (χ3n) is 5.55. The number of amides is 2. The standard InChI is InChI=1S/C27H27N3O6S/c1-6-17-13-19-24(18-9-7-8-10-21(18)33-3)20(14-28-26(19)37-17)30-27(32)29-16-11-22(34-4)25(36-15(2)31)23(12-16)35-5/h7-14H,6H2,1-5H3,(H2,29,30,32). The van der Waals surface area contributed by atoms with Crippen molar-refractivity contribution >= 4 is 44.9 Å². The van der Waals surface area contributed by atoms with E-state index in [1.54, 1.807) is 24.6 Å². The zero-order valence-corrected chi connectivity index (χ0v) is 21.9. The van der Waals surface area contributed by atoms with Crippen LogP contribution < -0.4 is 29.6 Å². The van der Waals surface area contributed by atoms with Crippen LogP contribution in [0.25, 0.3) is 21.3 Å². The molecular formula is C27H27N3O6S. The summed E-state index contributed by atoms with van der Waals surface area (Å²) < 4.78 is 21.5. The van der Waals surface area contributed by atoms with Gasteiger partial charge in [-0.05, 0) is 18.6 Å². The molecule has 9 nitrogen and oxygen atoms in total. The van der Waals surface area contributed by atoms with Crippen LogP contribution in [0.1, 0.15) is 18.7 Å². The summed E-state index contributed by atoms with van der Waals surface area (Å²) in [4.78, 5) is 31.3. The molecule has 0 atom stereocenters. The van der Waals surface area contributed by atoms with Crippen molar-refractivity contribution in [2.24, 2.45) is 0 Å². The molecule has 0 spiro atoms. The minimum atomic E-state index is -0.526. The molecule has 0 radical (unpaired) electrons. The van der Waals surface area contributed by atoms with E-state index in [1.165, 1.54) is 38.2 Å². The molecule has 2 heterocycles. The molecule has 0 bridgehead atoms. The largest absolute Gasteiger partial charge is 0.496 e. The molecule has 2 aromatic carbocycles. The first kappa shape index (κ1) is 25.8. The van der Waals surface area contributed by atoms with Crippen molar-refractivity contribution in [3.05, 3.63) is 53.5 Å². The first-order chi connectivity index (χ1) is 17.9. The van der Waals surface area contributed by atoms with Gasteiger partial charge in [0.2, 0.25) is 5.75 Å². The molecule has 2 aromatic heterocycles. The van der Waals surface area contributed by atoms with E-state index < -0.39 is 12.0 Å². The molecule has 0 unspecified atom stereocenters. The van der Waals surface area contributed by atoms with Crippen molar-refractivity contribution in [3.63, 3.8) is 0 Å². The number of nitrogens with zero attached hydrogens (tertiary/aromatic N) is 1. The van der Waals surface area contributed by atoms with Crippen LogP contribution in [0.2, 0.25) is 0 Å². The van der Waals surface area contributed by atoms with E-state index in [0.29, 0.717) is 17.1 Å². The minimum Gasteiger partial charge on any atom is -0.496 e. The van der Waals surface area contributed by atoms with Crippen LogP contribution in [0, 0.1) is 0 Å². The second-order valence-corrected chi connectivity index (χ2v) is 9.03. The molecule has 0 aliphatic carbocycles. The fourth-order valence-electron chi connectivity index (χ4n) is 3.93. The minimum absolute atomic E-state index is 0.126. The summed E-state index contributed by atoms with van der Waals surface area (Å²) in [5, 5.41) is 6.63. The molecule has 37 heavy (non-hydrogen) atoms. The van der Waals surface area contributed by atoms with Gasteiger partial charge in [-0.1, -0.05) is 25.1 Å². The number of rotatable bonds is 8. The zero-order valence-electron chi connectivity index (χ0n) is 21.1. The number of anilines is 2. The molecule has 0 fully saturated rings. The van der Waals surface area contributed by atoms with Crippen molar-refractivity contribution in [2.75, 3.05) is 32.0 Å². The average molecular weight is 522 g/mol. The van der Waals surface area contributed by atoms with Gasteiger partial charge >= 0.3 is 12.0 Å². The number of nitrogens with one attached hydrogen (secondary N) is 2. The van der Waals surface area contributed by atoms with E-state index in [4.69, 9.17) is 18.9 Å². The van der Waals surface area contributed by atoms with Crippen LogP contribution in [-0.2, 0) is 11.2 Å². The Morgan fingerprint density at radius 2 is 1.62 bits per heavy atom. The molecule has 2 amide bonds. The normalized spacial score (nSPS) is 10.6. The molecular weight excluding hydrogens is 494 g/mol. The fourth-order valence-corrected chi connectivity index (χ4v) is 4.88. The highest BCUT2D eigenvalue weighted by Gasteiger charge is 2.20. The van der Waals surface area contributed by atoms with E-state index in [0.717, 1.165) is 27.8 Å². The van der Waals surface area contributed by atoms with Crippen LogP contribution in [-0.4, -0.2) is 38.3 Å². The highest BCUT2D eigenvalue weighted by molar-refractivity contribution is 7.18. The molecule has 0 aliphatic heterocycles. The maximum absolute atomic E-state index is 13.1. The van der Waals surface area contributed by atoms with Crippen LogP contribution in [0.15, 0.2) is 48.7 Å². The lowest BCUT2D eigenvalue weighted by Crippen LogP contribution is -2.20. The Bertz CT molecular complexity index is 1440. The first-order valence-electron chi connectivity index (χ1n) is 11.5. The third-order valence-corrected chi connectivity index (χ3v) is 6.74. The van der Waals surface area contributed by atoms with Crippen molar-refractivity contribution in [1.29, 1.82) is 0 Å². The van der Waals surface area contributed by atoms with Gasteiger partial charge in [0.25, 0.3) is 0 Å². The molecule has 10 heteroatoms. The predicted molar refractivity (Wildman–Crippen MR) is 144 cm³/mol. The summed E-state index contributed by atoms with van der Waals surface area (Å²) in [5.74, 6) is 0.737. The monoisotopic (exact) mass is 521 g/mol. The Kier molecular flexibility index (Phi) is 7.78. The Morgan fingerprint density at radius 1 is 0.946 bits per heavy atom. The summed E-state index contributed by atoms with van der Waals surface area (Å²) >= 11 is 1.62. The SMILES string of the molecule is CCc1cc2c(-c3ccccc3OC)c(NC(=O)Nc3cc(OC)c(OC(C)=O)c(OC)c3)cnc2s1. The number of hydrogen-bond acceptors (Lipinski definition) is 8. The molecule has 4 aromatic rings. The number of hydrogen-bond donors (Lipinski definition) is 2. The Balaban J connectivity index is 1.72. The number of thiophene rings is 1. The number of benzene rings is 2. The number of carbonyl (C=O) groups is 2. The molecule has 4 rings (SSSR count). The number of fused-ring (bicyclic) bond motifs is 1. The molecule has 0 aliphatic rings. The summed E-state index contributed by atoms with van der Waals surface area (Å²) in [7, 11) is 4.47. The summed E-state index contributed by atoms with van der Waals surface area (Å²) in [6.07, 6.45) is 2.52. The van der Waals surface area contributed by atoms with E-state index in [-0.39, 0.29) is 17.2 Å². The van der Waals surface area contributed by atoms with Gasteiger partial charge in [0.1, 0.15) is 10.6 Å². The lowest BCUT2D eigenvalue weighted by Gasteiger charge is -2.17. The second kappa shape index (κ2) is 11.2. The number of pyridine rings is 1. The summed E-state index contributed by atoms with van der Waals surface area (Å²) in [6.45, 7) is 3.37. The number of aromatic nitrogens is 1. The fraction of sp³-hybridized carbons (Fsp3) is 0.222. The van der Waals surface area contributed by atoms with Gasteiger partial charge in [-0.15, -0.1) is 11.3 Å². The van der Waals surface area contributed by atoms with Gasteiger partial charge in [-0.25, -0.2) is 9.78 Å². The maximum atomic E-state index is 13.1. The van der Waals surface area contributed by atoms with Crippen molar-refractivity contribution in [2.45, 2.75) is 20.3 Å². The number of para-hydroxylation sites is 1. The number of carbonyl (C=O) groups excluding carboxylic acids is 2. The summed E-state index contributed by atoms with van der Waals surface area (Å²) in [5.41, 5.74) is 2.54. The topological polar surface area (TPSA) is 108 Å². The van der Waals surface area contributed by atoms with Crippen LogP contribution >= 0.6 is 11.3 Å². The number of methoxy groups -OCH3 is 3. The van der Waals surface area contributed by atoms with E-state index in [9.17, 15) is 9.59 Å². The van der Waals surface area contributed by atoms with E-state index in [2.05, 4.69) is 28.6 Å². The second-order valence-electron chi connectivity index (χ2n) is 7.91. The van der Waals surface area contributed by atoms with Gasteiger partial charge in [-0.2, -0.15) is 0 Å². The van der Waals surface area contributed by atoms with Gasteiger partial charge in [-0.3, -0.25) is 4.79 Å². The van der Waals surface area contributed by atoms with Gasteiger partial charge in [0.15, 0.2) is 11.5 Å². The quantitative estimate of drug-likeness (QED) is 0.212. The molecule has 0 saturated carbocycles. The lowest BCUT2D eigenvalue weighted by atomic mass is 10.0. The number of ether oxygens (including phenoxy) is 4. The Morgan fingerprint density at radius 3 is 2.24 bits per heavy atom. The highest BCUT2D eigenvalue weighted by atomic mass is 32.1. The number of urea groups is 1. The van der Waals surface area contributed by atoms with Crippen LogP contribution in [0.5, 0.6) is 23.0 Å². The van der Waals surface area contributed by atoms with Gasteiger partial charge in [0, 0.05) is 40.4 Å². The average Bonchev–Trinajstić information content (AvgIpc) is 3.32. The molecule has 2 N–H and O–H groups in total. The smallest absolute Gasteiger partial charge is 0.323 e.